The number of rotatable bonds is 2. The summed E-state index contributed by atoms with van der Waals surface area (Å²) in [4.78, 5) is 0. The van der Waals surface area contributed by atoms with Crippen LogP contribution in [0.5, 0.6) is 0 Å². The quantitative estimate of drug-likeness (QED) is 0.220. The first-order valence-electron chi connectivity index (χ1n) is 14.4. The van der Waals surface area contributed by atoms with Crippen LogP contribution in [0.3, 0.4) is 0 Å². The molecule has 0 spiro atoms. The van der Waals surface area contributed by atoms with Crippen molar-refractivity contribution in [2.45, 2.75) is 12.8 Å². The predicted molar refractivity (Wildman–Crippen MR) is 175 cm³/mol. The molecule has 1 aliphatic rings. The van der Waals surface area contributed by atoms with Gasteiger partial charge in [-0.2, -0.15) is 0 Å². The lowest BCUT2D eigenvalue weighted by molar-refractivity contribution is 0.669. The molecule has 0 aliphatic heterocycles. The fourth-order valence-corrected chi connectivity index (χ4v) is 7.10. The third-order valence-electron chi connectivity index (χ3n) is 8.87. The van der Waals surface area contributed by atoms with Gasteiger partial charge in [-0.3, -0.25) is 0 Å². The van der Waals surface area contributed by atoms with Crippen molar-refractivity contribution in [2.75, 3.05) is 0 Å². The summed E-state index contributed by atoms with van der Waals surface area (Å²) in [7, 11) is 0. The molecule has 1 nitrogen and oxygen atoms in total. The van der Waals surface area contributed by atoms with Gasteiger partial charge in [0.05, 0.1) is 0 Å². The zero-order valence-electron chi connectivity index (χ0n) is 22.5. The molecule has 0 saturated heterocycles. The van der Waals surface area contributed by atoms with Crippen LogP contribution in [-0.4, -0.2) is 0 Å². The lowest BCUT2D eigenvalue weighted by Gasteiger charge is -2.13. The van der Waals surface area contributed by atoms with Crippen LogP contribution in [-0.2, 0) is 0 Å². The van der Waals surface area contributed by atoms with Crippen LogP contribution in [0.2, 0.25) is 0 Å². The van der Waals surface area contributed by atoms with E-state index in [4.69, 9.17) is 4.42 Å². The highest BCUT2D eigenvalue weighted by atomic mass is 16.3. The molecule has 0 saturated carbocycles. The van der Waals surface area contributed by atoms with Gasteiger partial charge in [0.2, 0.25) is 0 Å². The minimum absolute atomic E-state index is 0.928. The highest BCUT2D eigenvalue weighted by molar-refractivity contribution is 6.31. The first-order valence-corrected chi connectivity index (χ1v) is 14.4. The summed E-state index contributed by atoms with van der Waals surface area (Å²) in [6.45, 7) is 0. The Bertz CT molecular complexity index is 2470. The maximum absolute atomic E-state index is 6.64. The van der Waals surface area contributed by atoms with Crippen LogP contribution >= 0.6 is 0 Å². The molecular weight excluding hydrogens is 496 g/mol. The Morgan fingerprint density at radius 2 is 0.951 bits per heavy atom. The van der Waals surface area contributed by atoms with Crippen molar-refractivity contribution in [3.8, 4) is 22.3 Å². The Kier molecular flexibility index (Phi) is 4.80. The molecule has 0 N–H and O–H groups in total. The Morgan fingerprint density at radius 1 is 0.390 bits per heavy atom. The van der Waals surface area contributed by atoms with E-state index in [0.29, 0.717) is 0 Å². The van der Waals surface area contributed by atoms with Gasteiger partial charge in [0, 0.05) is 21.5 Å². The predicted octanol–water partition coefficient (Wildman–Crippen LogP) is 9.73. The second kappa shape index (κ2) is 8.68. The average molecular weight is 523 g/mol. The number of fused-ring (bicyclic) bond motifs is 9. The zero-order chi connectivity index (χ0) is 26.9. The second-order valence-corrected chi connectivity index (χ2v) is 11.1. The van der Waals surface area contributed by atoms with E-state index in [1.54, 1.807) is 0 Å². The summed E-state index contributed by atoms with van der Waals surface area (Å²) in [5, 5.41) is 12.5. The van der Waals surface area contributed by atoms with E-state index in [1.165, 1.54) is 75.8 Å². The molecule has 1 heterocycles. The highest BCUT2D eigenvalue weighted by Crippen LogP contribution is 2.45. The van der Waals surface area contributed by atoms with E-state index in [9.17, 15) is 0 Å². The van der Waals surface area contributed by atoms with Gasteiger partial charge in [0.15, 0.2) is 0 Å². The van der Waals surface area contributed by atoms with Crippen molar-refractivity contribution >= 4 is 66.4 Å². The second-order valence-electron chi connectivity index (χ2n) is 11.1. The van der Waals surface area contributed by atoms with E-state index >= 15 is 0 Å². The molecule has 0 bridgehead atoms. The molecule has 0 fully saturated rings. The van der Waals surface area contributed by atoms with Gasteiger partial charge in [0.25, 0.3) is 0 Å². The SMILES string of the molecule is C1=c2cccc(-c3cccc4ccc5oc6ccc7cccc(-c8cccc9ccccc89)c7c6c5c34)c2=CCC1. The number of furan rings is 1. The van der Waals surface area contributed by atoms with Gasteiger partial charge in [-0.05, 0) is 79.2 Å². The lowest BCUT2D eigenvalue weighted by atomic mass is 9.89. The van der Waals surface area contributed by atoms with Crippen LogP contribution in [0.15, 0.2) is 126 Å². The lowest BCUT2D eigenvalue weighted by Crippen LogP contribution is -2.28. The third-order valence-corrected chi connectivity index (χ3v) is 8.87. The van der Waals surface area contributed by atoms with Crippen LogP contribution in [0, 0.1) is 0 Å². The molecule has 0 radical (unpaired) electrons. The fraction of sp³-hybridized carbons (Fsp3) is 0.0500. The van der Waals surface area contributed by atoms with Crippen molar-refractivity contribution in [2.24, 2.45) is 0 Å². The van der Waals surface area contributed by atoms with Crippen molar-refractivity contribution < 1.29 is 4.42 Å². The summed E-state index contributed by atoms with van der Waals surface area (Å²) in [6, 6.07) is 44.1. The highest BCUT2D eigenvalue weighted by Gasteiger charge is 2.19. The zero-order valence-corrected chi connectivity index (χ0v) is 22.5. The van der Waals surface area contributed by atoms with Gasteiger partial charge in [-0.25, -0.2) is 0 Å². The summed E-state index contributed by atoms with van der Waals surface area (Å²) < 4.78 is 6.64. The van der Waals surface area contributed by atoms with Crippen LogP contribution < -0.4 is 10.4 Å². The van der Waals surface area contributed by atoms with E-state index in [-0.39, 0.29) is 0 Å². The summed E-state index contributed by atoms with van der Waals surface area (Å²) in [5.41, 5.74) is 6.90. The number of hydrogen-bond acceptors (Lipinski definition) is 1. The first-order chi connectivity index (χ1) is 20.3. The molecule has 0 unspecified atom stereocenters. The van der Waals surface area contributed by atoms with Crippen molar-refractivity contribution in [1.29, 1.82) is 0 Å². The average Bonchev–Trinajstić information content (AvgIpc) is 3.43. The van der Waals surface area contributed by atoms with Gasteiger partial charge < -0.3 is 4.42 Å². The van der Waals surface area contributed by atoms with Crippen molar-refractivity contribution in [3.63, 3.8) is 0 Å². The summed E-state index contributed by atoms with van der Waals surface area (Å²) in [6.07, 6.45) is 6.96. The first kappa shape index (κ1) is 22.7. The van der Waals surface area contributed by atoms with E-state index < -0.39 is 0 Å². The van der Waals surface area contributed by atoms with Gasteiger partial charge in [-0.1, -0.05) is 121 Å². The van der Waals surface area contributed by atoms with Crippen molar-refractivity contribution in [3.05, 3.63) is 132 Å². The van der Waals surface area contributed by atoms with Crippen LogP contribution in [0.25, 0.3) is 88.7 Å². The summed E-state index contributed by atoms with van der Waals surface area (Å²) in [5.74, 6) is 0. The molecule has 0 atom stereocenters. The van der Waals surface area contributed by atoms with Crippen LogP contribution in [0.1, 0.15) is 12.8 Å². The molecule has 8 aromatic rings. The fourth-order valence-electron chi connectivity index (χ4n) is 7.10. The van der Waals surface area contributed by atoms with E-state index in [1.807, 2.05) is 0 Å². The minimum atomic E-state index is 0.928. The molecule has 1 heteroatoms. The molecule has 7 aromatic carbocycles. The maximum Gasteiger partial charge on any atom is 0.136 e. The molecule has 41 heavy (non-hydrogen) atoms. The Labute approximate surface area is 237 Å². The molecule has 1 aromatic heterocycles. The monoisotopic (exact) mass is 522 g/mol. The summed E-state index contributed by atoms with van der Waals surface area (Å²) >= 11 is 0. The normalized spacial score (nSPS) is 13.1. The smallest absolute Gasteiger partial charge is 0.136 e. The third kappa shape index (κ3) is 3.30. The standard InChI is InChI=1S/C40H26O/c1-3-15-29-25(9-1)11-5-17-31(29)33-19-7-13-27-21-23-35-39(37(27)33)40-36(41-35)24-22-28-14-8-20-34(38(28)40)32-18-6-12-26-10-2-4-16-30(26)32/h1,3,5-24H,2,4H2. The van der Waals surface area contributed by atoms with Gasteiger partial charge in [0.1, 0.15) is 11.2 Å². The molecule has 192 valence electrons. The topological polar surface area (TPSA) is 13.1 Å². The molecule has 9 rings (SSSR count). The maximum atomic E-state index is 6.64. The Balaban J connectivity index is 1.49. The molecule has 1 aliphatic carbocycles. The minimum Gasteiger partial charge on any atom is -0.456 e. The van der Waals surface area contributed by atoms with E-state index in [2.05, 4.69) is 133 Å². The van der Waals surface area contributed by atoms with Gasteiger partial charge in [-0.15, -0.1) is 0 Å². The largest absolute Gasteiger partial charge is 0.456 e. The Morgan fingerprint density at radius 3 is 1.71 bits per heavy atom. The molecular formula is C40H26O. The molecule has 0 amide bonds. The van der Waals surface area contributed by atoms with Gasteiger partial charge >= 0.3 is 0 Å². The van der Waals surface area contributed by atoms with Crippen molar-refractivity contribution in [1.82, 2.24) is 0 Å². The van der Waals surface area contributed by atoms with E-state index in [0.717, 1.165) is 24.0 Å². The number of benzene rings is 7. The Hall–Kier alpha value is -5.14. The number of hydrogen-bond donors (Lipinski definition) is 0. The van der Waals surface area contributed by atoms with Crippen LogP contribution in [0.4, 0.5) is 0 Å².